The number of likely N-dealkylation sites (tertiary alicyclic amines) is 1. The zero-order chi connectivity index (χ0) is 24.8. The lowest BCUT2D eigenvalue weighted by Crippen LogP contribution is -2.62. The number of hydrogen-bond donors (Lipinski definition) is 1. The van der Waals surface area contributed by atoms with E-state index in [4.69, 9.17) is 0 Å². The van der Waals surface area contributed by atoms with Crippen LogP contribution in [0, 0.1) is 11.3 Å². The van der Waals surface area contributed by atoms with Crippen molar-refractivity contribution in [1.82, 2.24) is 14.4 Å². The minimum atomic E-state index is -1.07. The third-order valence-corrected chi connectivity index (χ3v) is 9.42. The van der Waals surface area contributed by atoms with E-state index in [1.54, 1.807) is 35.8 Å². The molecular formula is C28H41N3O4. The number of rotatable bonds is 7. The molecule has 0 unspecified atom stereocenters. The van der Waals surface area contributed by atoms with E-state index >= 15 is 0 Å². The maximum atomic E-state index is 13.2. The van der Waals surface area contributed by atoms with Gasteiger partial charge in [-0.3, -0.25) is 14.4 Å². The number of nitrogens with zero attached hydrogens (tertiary/aromatic N) is 3. The molecule has 5 rings (SSSR count). The highest BCUT2D eigenvalue weighted by Crippen LogP contribution is 2.52. The van der Waals surface area contributed by atoms with Crippen LogP contribution >= 0.6 is 0 Å². The smallest absolute Gasteiger partial charge is 0.255 e. The summed E-state index contributed by atoms with van der Waals surface area (Å²) in [6.45, 7) is 1.28. The van der Waals surface area contributed by atoms with Crippen LogP contribution in [0.25, 0.3) is 0 Å². The summed E-state index contributed by atoms with van der Waals surface area (Å²) in [6, 6.07) is 1.62. The van der Waals surface area contributed by atoms with Gasteiger partial charge in [0.2, 0.25) is 5.91 Å². The fourth-order valence-electron chi connectivity index (χ4n) is 6.72. The molecule has 4 fully saturated rings. The lowest BCUT2D eigenvalue weighted by atomic mass is 9.65. The van der Waals surface area contributed by atoms with Crippen LogP contribution in [0.1, 0.15) is 98.9 Å². The number of aromatic nitrogens is 1. The molecule has 0 aromatic carbocycles. The normalized spacial score (nSPS) is 26.1. The Morgan fingerprint density at radius 1 is 1.09 bits per heavy atom. The molecule has 1 aromatic heterocycles. The molecule has 2 heterocycles. The van der Waals surface area contributed by atoms with Gasteiger partial charge in [0.25, 0.3) is 11.5 Å². The van der Waals surface area contributed by atoms with Crippen molar-refractivity contribution >= 4 is 11.8 Å². The first-order chi connectivity index (χ1) is 16.7. The molecule has 3 aliphatic carbocycles. The predicted molar refractivity (Wildman–Crippen MR) is 134 cm³/mol. The Balaban J connectivity index is 1.38. The Morgan fingerprint density at radius 3 is 2.40 bits per heavy atom. The standard InChI is InChI=1S/C28H41N3O4/c1-29(2)26(34)23-17-31(25(33)16-22(23)21-9-10-21)19-28(35)14-15-30(18-27(28)12-3-4-13-27)24(32)11-8-20-6-5-7-20/h16-17,20-21,35H,3-15,18-19H2,1-2H3/t28-/m1/s1. The van der Waals surface area contributed by atoms with E-state index in [0.717, 1.165) is 50.5 Å². The average molecular weight is 484 g/mol. The molecule has 35 heavy (non-hydrogen) atoms. The Bertz CT molecular complexity index is 1030. The minimum absolute atomic E-state index is 0.102. The first kappa shape index (κ1) is 24.5. The summed E-state index contributed by atoms with van der Waals surface area (Å²) in [5.74, 6) is 1.12. The SMILES string of the molecule is CN(C)C(=O)c1cn(C[C@]2(O)CCN(C(=O)CCC3CCC3)CC23CCCC3)c(=O)cc1C1CC1. The van der Waals surface area contributed by atoms with Crippen molar-refractivity contribution in [2.45, 2.75) is 95.1 Å². The lowest BCUT2D eigenvalue weighted by molar-refractivity contribution is -0.160. The molecular weight excluding hydrogens is 442 g/mol. The summed E-state index contributed by atoms with van der Waals surface area (Å²) in [6.07, 6.45) is 13.4. The summed E-state index contributed by atoms with van der Waals surface area (Å²) in [4.78, 5) is 42.7. The van der Waals surface area contributed by atoms with Gasteiger partial charge in [0, 0.05) is 51.3 Å². The number of hydrogen-bond acceptors (Lipinski definition) is 4. The van der Waals surface area contributed by atoms with Crippen LogP contribution in [-0.4, -0.2) is 64.1 Å². The first-order valence-electron chi connectivity index (χ1n) is 13.7. The zero-order valence-corrected chi connectivity index (χ0v) is 21.4. The van der Waals surface area contributed by atoms with E-state index in [1.165, 1.54) is 19.3 Å². The van der Waals surface area contributed by atoms with Gasteiger partial charge >= 0.3 is 0 Å². The minimum Gasteiger partial charge on any atom is -0.387 e. The molecule has 1 aliphatic heterocycles. The van der Waals surface area contributed by atoms with Crippen molar-refractivity contribution in [1.29, 1.82) is 0 Å². The molecule has 1 spiro atoms. The largest absolute Gasteiger partial charge is 0.387 e. The van der Waals surface area contributed by atoms with E-state index in [-0.39, 0.29) is 29.8 Å². The summed E-state index contributed by atoms with van der Waals surface area (Å²) in [7, 11) is 3.46. The van der Waals surface area contributed by atoms with Gasteiger partial charge in [0.1, 0.15) is 0 Å². The predicted octanol–water partition coefficient (Wildman–Crippen LogP) is 3.53. The Kier molecular flexibility index (Phi) is 6.58. The third kappa shape index (κ3) is 4.68. The molecule has 0 bridgehead atoms. The highest BCUT2D eigenvalue weighted by molar-refractivity contribution is 5.95. The topological polar surface area (TPSA) is 82.8 Å². The van der Waals surface area contributed by atoms with E-state index in [1.807, 2.05) is 4.90 Å². The van der Waals surface area contributed by atoms with Gasteiger partial charge in [-0.15, -0.1) is 0 Å². The maximum absolute atomic E-state index is 13.2. The Hall–Kier alpha value is -2.15. The van der Waals surface area contributed by atoms with Crippen LogP contribution in [0.2, 0.25) is 0 Å². The van der Waals surface area contributed by atoms with E-state index < -0.39 is 11.0 Å². The molecule has 4 aliphatic rings. The third-order valence-electron chi connectivity index (χ3n) is 9.42. The molecule has 2 amide bonds. The quantitative estimate of drug-likeness (QED) is 0.643. The number of carbonyl (C=O) groups is 2. The maximum Gasteiger partial charge on any atom is 0.255 e. The molecule has 192 valence electrons. The van der Waals surface area contributed by atoms with E-state index in [2.05, 4.69) is 0 Å². The second-order valence-electron chi connectivity index (χ2n) is 12.0. The average Bonchev–Trinajstić information content (AvgIpc) is 3.53. The van der Waals surface area contributed by atoms with Gasteiger partial charge in [-0.2, -0.15) is 0 Å². The van der Waals surface area contributed by atoms with Crippen molar-refractivity contribution in [3.05, 3.63) is 33.7 Å². The van der Waals surface area contributed by atoms with Crippen molar-refractivity contribution in [3.63, 3.8) is 0 Å². The number of piperidine rings is 1. The highest BCUT2D eigenvalue weighted by Gasteiger charge is 2.55. The van der Waals surface area contributed by atoms with Crippen molar-refractivity contribution < 1.29 is 14.7 Å². The lowest BCUT2D eigenvalue weighted by Gasteiger charge is -2.52. The molecule has 1 saturated heterocycles. The van der Waals surface area contributed by atoms with Gasteiger partial charge < -0.3 is 19.5 Å². The summed E-state index contributed by atoms with van der Waals surface area (Å²) < 4.78 is 1.57. The van der Waals surface area contributed by atoms with Crippen LogP contribution in [0.5, 0.6) is 0 Å². The molecule has 1 aromatic rings. The molecule has 0 radical (unpaired) electrons. The van der Waals surface area contributed by atoms with E-state index in [0.29, 0.717) is 37.4 Å². The number of carbonyl (C=O) groups excluding carboxylic acids is 2. The zero-order valence-electron chi connectivity index (χ0n) is 21.4. The van der Waals surface area contributed by atoms with Crippen molar-refractivity contribution in [3.8, 4) is 0 Å². The number of amides is 2. The number of pyridine rings is 1. The molecule has 1 atom stereocenters. The van der Waals surface area contributed by atoms with Crippen LogP contribution in [0.15, 0.2) is 17.1 Å². The fraction of sp³-hybridized carbons (Fsp3) is 0.750. The van der Waals surface area contributed by atoms with Gasteiger partial charge in [0.05, 0.1) is 17.7 Å². The second kappa shape index (κ2) is 9.38. The Labute approximate surface area is 208 Å². The fourth-order valence-corrected chi connectivity index (χ4v) is 6.72. The van der Waals surface area contributed by atoms with Gasteiger partial charge in [-0.25, -0.2) is 0 Å². The van der Waals surface area contributed by atoms with Crippen molar-refractivity contribution in [2.24, 2.45) is 11.3 Å². The van der Waals surface area contributed by atoms with Crippen LogP contribution in [0.3, 0.4) is 0 Å². The molecule has 1 N–H and O–H groups in total. The molecule has 7 heteroatoms. The second-order valence-corrected chi connectivity index (χ2v) is 12.0. The molecule has 3 saturated carbocycles. The van der Waals surface area contributed by atoms with Gasteiger partial charge in [0.15, 0.2) is 0 Å². The summed E-state index contributed by atoms with van der Waals surface area (Å²) >= 11 is 0. The monoisotopic (exact) mass is 483 g/mol. The van der Waals surface area contributed by atoms with Crippen molar-refractivity contribution in [2.75, 3.05) is 27.2 Å². The van der Waals surface area contributed by atoms with Crippen LogP contribution in [0.4, 0.5) is 0 Å². The summed E-state index contributed by atoms with van der Waals surface area (Å²) in [5, 5.41) is 12.1. The van der Waals surface area contributed by atoms with E-state index in [9.17, 15) is 19.5 Å². The molecule has 7 nitrogen and oxygen atoms in total. The Morgan fingerprint density at radius 2 is 1.80 bits per heavy atom. The first-order valence-corrected chi connectivity index (χ1v) is 13.7. The van der Waals surface area contributed by atoms with Gasteiger partial charge in [-0.1, -0.05) is 32.1 Å². The summed E-state index contributed by atoms with van der Waals surface area (Å²) in [5.41, 5.74) is -0.193. The number of aliphatic hydroxyl groups is 1. The van der Waals surface area contributed by atoms with Crippen LogP contribution in [-0.2, 0) is 11.3 Å². The van der Waals surface area contributed by atoms with Gasteiger partial charge in [-0.05, 0) is 55.9 Å². The highest BCUT2D eigenvalue weighted by atomic mass is 16.3. The van der Waals surface area contributed by atoms with Crippen LogP contribution < -0.4 is 5.56 Å².